The molecule has 2 amide bonds. The molecule has 0 radical (unpaired) electrons. The number of hydrogen-bond acceptors (Lipinski definition) is 4. The number of nitrogens with one attached hydrogen (secondary N) is 2. The van der Waals surface area contributed by atoms with E-state index < -0.39 is 6.04 Å². The predicted octanol–water partition coefficient (Wildman–Crippen LogP) is 0.156. The van der Waals surface area contributed by atoms with Crippen molar-refractivity contribution in [2.75, 3.05) is 25.0 Å². The highest BCUT2D eigenvalue weighted by Crippen LogP contribution is 2.17. The molecule has 0 saturated carbocycles. The molecule has 0 bridgehead atoms. The maximum absolute atomic E-state index is 11.9. The molecule has 0 spiro atoms. The van der Waals surface area contributed by atoms with Crippen LogP contribution >= 0.6 is 0 Å². The lowest BCUT2D eigenvalue weighted by molar-refractivity contribution is -0.122. The van der Waals surface area contributed by atoms with E-state index in [1.54, 1.807) is 19.2 Å². The van der Waals surface area contributed by atoms with Crippen LogP contribution in [0.15, 0.2) is 18.3 Å². The first-order chi connectivity index (χ1) is 9.11. The Labute approximate surface area is 112 Å². The smallest absolute Gasteiger partial charge is 0.253 e. The molecule has 19 heavy (non-hydrogen) atoms. The lowest BCUT2D eigenvalue weighted by Crippen LogP contribution is -2.43. The third-order valence-corrected chi connectivity index (χ3v) is 3.18. The second kappa shape index (κ2) is 5.69. The van der Waals surface area contributed by atoms with Gasteiger partial charge in [-0.3, -0.25) is 9.59 Å². The first-order valence-electron chi connectivity index (χ1n) is 6.35. The molecule has 1 aliphatic rings. The number of anilines is 1. The van der Waals surface area contributed by atoms with Gasteiger partial charge < -0.3 is 15.5 Å². The van der Waals surface area contributed by atoms with Crippen molar-refractivity contribution in [1.82, 2.24) is 15.6 Å². The van der Waals surface area contributed by atoms with Gasteiger partial charge in [0.2, 0.25) is 5.91 Å². The van der Waals surface area contributed by atoms with Crippen LogP contribution in [0.2, 0.25) is 0 Å². The lowest BCUT2D eigenvalue weighted by atomic mass is 10.2. The number of hydrogen-bond donors (Lipinski definition) is 2. The van der Waals surface area contributed by atoms with Gasteiger partial charge >= 0.3 is 0 Å². The molecule has 1 aromatic rings. The lowest BCUT2D eigenvalue weighted by Gasteiger charge is -2.31. The summed E-state index contributed by atoms with van der Waals surface area (Å²) in [5.41, 5.74) is 0.458. The second-order valence-electron chi connectivity index (χ2n) is 4.56. The van der Waals surface area contributed by atoms with Crippen LogP contribution in [0.3, 0.4) is 0 Å². The summed E-state index contributed by atoms with van der Waals surface area (Å²) < 4.78 is 0. The van der Waals surface area contributed by atoms with Crippen molar-refractivity contribution in [2.24, 2.45) is 0 Å². The minimum absolute atomic E-state index is 0.224. The first-order valence-corrected chi connectivity index (χ1v) is 6.35. The Morgan fingerprint density at radius 3 is 2.58 bits per heavy atom. The quantitative estimate of drug-likeness (QED) is 0.810. The normalized spacial score (nSPS) is 15.4. The van der Waals surface area contributed by atoms with Gasteiger partial charge in [-0.05, 0) is 25.5 Å². The number of pyridine rings is 1. The van der Waals surface area contributed by atoms with Crippen LogP contribution in [0.1, 0.15) is 23.7 Å². The van der Waals surface area contributed by atoms with E-state index in [0.717, 1.165) is 18.9 Å². The Bertz CT molecular complexity index is 468. The van der Waals surface area contributed by atoms with E-state index in [1.165, 1.54) is 13.5 Å². The summed E-state index contributed by atoms with van der Waals surface area (Å²) >= 11 is 0. The maximum Gasteiger partial charge on any atom is 0.253 e. The van der Waals surface area contributed by atoms with Crippen molar-refractivity contribution in [3.05, 3.63) is 23.9 Å². The van der Waals surface area contributed by atoms with Crippen LogP contribution in [0, 0.1) is 0 Å². The summed E-state index contributed by atoms with van der Waals surface area (Å²) in [6.45, 7) is 3.68. The highest BCUT2D eigenvalue weighted by atomic mass is 16.2. The number of nitrogens with zero attached hydrogens (tertiary/aromatic N) is 2. The maximum atomic E-state index is 11.9. The molecule has 102 valence electrons. The van der Waals surface area contributed by atoms with Crippen LogP contribution in [0.4, 0.5) is 5.82 Å². The molecule has 0 unspecified atom stereocenters. The van der Waals surface area contributed by atoms with Gasteiger partial charge in [0.15, 0.2) is 0 Å². The summed E-state index contributed by atoms with van der Waals surface area (Å²) in [5, 5.41) is 5.10. The molecular weight excluding hydrogens is 244 g/mol. The van der Waals surface area contributed by atoms with Crippen molar-refractivity contribution in [2.45, 2.75) is 19.4 Å². The van der Waals surface area contributed by atoms with Gasteiger partial charge in [0.1, 0.15) is 11.9 Å². The zero-order valence-corrected chi connectivity index (χ0v) is 11.1. The molecule has 1 atom stereocenters. The average Bonchev–Trinajstić information content (AvgIpc) is 2.36. The van der Waals surface area contributed by atoms with Gasteiger partial charge in [0.25, 0.3) is 5.91 Å². The van der Waals surface area contributed by atoms with Crippen molar-refractivity contribution < 1.29 is 9.59 Å². The van der Waals surface area contributed by atoms with E-state index >= 15 is 0 Å². The summed E-state index contributed by atoms with van der Waals surface area (Å²) in [6, 6.07) is 3.00. The molecule has 2 N–H and O–H groups in total. The van der Waals surface area contributed by atoms with Crippen molar-refractivity contribution in [3.8, 4) is 0 Å². The number of carbonyl (C=O) groups is 2. The second-order valence-corrected chi connectivity index (χ2v) is 4.56. The molecule has 1 saturated heterocycles. The fraction of sp³-hybridized carbons (Fsp3) is 0.462. The molecule has 0 aromatic carbocycles. The fourth-order valence-corrected chi connectivity index (χ4v) is 1.81. The van der Waals surface area contributed by atoms with Crippen LogP contribution in [0.25, 0.3) is 0 Å². The van der Waals surface area contributed by atoms with Crippen LogP contribution in [-0.2, 0) is 4.79 Å². The van der Waals surface area contributed by atoms with Crippen molar-refractivity contribution in [1.29, 1.82) is 0 Å². The van der Waals surface area contributed by atoms with Gasteiger partial charge in [-0.25, -0.2) is 4.98 Å². The van der Waals surface area contributed by atoms with Crippen LogP contribution in [0.5, 0.6) is 0 Å². The minimum atomic E-state index is -0.562. The number of amides is 2. The number of carbonyl (C=O) groups excluding carboxylic acids is 2. The Morgan fingerprint density at radius 2 is 2.11 bits per heavy atom. The fourth-order valence-electron chi connectivity index (χ4n) is 1.81. The van der Waals surface area contributed by atoms with E-state index in [9.17, 15) is 9.59 Å². The molecule has 1 aromatic heterocycles. The Kier molecular flexibility index (Phi) is 3.99. The average molecular weight is 262 g/mol. The first kappa shape index (κ1) is 13.3. The molecule has 1 aliphatic heterocycles. The third kappa shape index (κ3) is 3.01. The Hall–Kier alpha value is -2.11. The Morgan fingerprint density at radius 1 is 1.37 bits per heavy atom. The van der Waals surface area contributed by atoms with Gasteiger partial charge in [-0.2, -0.15) is 0 Å². The topological polar surface area (TPSA) is 74.3 Å². The standard InChI is InChI=1S/C13H18N4O2/c1-9(12(18)14-2)16-13(19)10-4-5-11(15-8-10)17-6-3-7-17/h4-5,8-9H,3,6-7H2,1-2H3,(H,14,18)(H,16,19)/t9-/m0/s1. The van der Waals surface area contributed by atoms with Crippen molar-refractivity contribution >= 4 is 17.6 Å². The number of rotatable bonds is 4. The highest BCUT2D eigenvalue weighted by Gasteiger charge is 2.18. The summed E-state index contributed by atoms with van der Waals surface area (Å²) in [7, 11) is 1.54. The molecule has 2 heterocycles. The van der Waals surface area contributed by atoms with E-state index in [2.05, 4.69) is 20.5 Å². The molecule has 2 rings (SSSR count). The van der Waals surface area contributed by atoms with Gasteiger partial charge in [-0.1, -0.05) is 0 Å². The Balaban J connectivity index is 1.97. The summed E-state index contributed by atoms with van der Waals surface area (Å²) in [5.74, 6) is 0.374. The predicted molar refractivity (Wildman–Crippen MR) is 72.1 cm³/mol. The SMILES string of the molecule is CNC(=O)[C@H](C)NC(=O)c1ccc(N2CCC2)nc1. The van der Waals surface area contributed by atoms with Crippen LogP contribution in [-0.4, -0.2) is 43.0 Å². The molecule has 0 aliphatic carbocycles. The van der Waals surface area contributed by atoms with E-state index in [4.69, 9.17) is 0 Å². The molecular formula is C13H18N4O2. The van der Waals surface area contributed by atoms with Gasteiger partial charge in [0, 0.05) is 26.3 Å². The monoisotopic (exact) mass is 262 g/mol. The van der Waals surface area contributed by atoms with Gasteiger partial charge in [0.05, 0.1) is 5.56 Å². The van der Waals surface area contributed by atoms with Crippen molar-refractivity contribution in [3.63, 3.8) is 0 Å². The number of aromatic nitrogens is 1. The van der Waals surface area contributed by atoms with Crippen LogP contribution < -0.4 is 15.5 Å². The third-order valence-electron chi connectivity index (χ3n) is 3.18. The largest absolute Gasteiger partial charge is 0.357 e. The molecule has 6 heteroatoms. The molecule has 6 nitrogen and oxygen atoms in total. The highest BCUT2D eigenvalue weighted by molar-refractivity contribution is 5.97. The zero-order valence-electron chi connectivity index (χ0n) is 11.1. The summed E-state index contributed by atoms with van der Waals surface area (Å²) in [4.78, 5) is 29.6. The molecule has 1 fully saturated rings. The summed E-state index contributed by atoms with van der Waals surface area (Å²) in [6.07, 6.45) is 2.73. The zero-order chi connectivity index (χ0) is 13.8. The van der Waals surface area contributed by atoms with E-state index in [-0.39, 0.29) is 11.8 Å². The van der Waals surface area contributed by atoms with E-state index in [0.29, 0.717) is 5.56 Å². The van der Waals surface area contributed by atoms with E-state index in [1.807, 2.05) is 6.07 Å². The number of likely N-dealkylation sites (N-methyl/N-ethyl adjacent to an activating group) is 1. The van der Waals surface area contributed by atoms with Gasteiger partial charge in [-0.15, -0.1) is 0 Å². The minimum Gasteiger partial charge on any atom is -0.357 e.